The molecule has 0 spiro atoms. The predicted octanol–water partition coefficient (Wildman–Crippen LogP) is -0.295. The summed E-state index contributed by atoms with van der Waals surface area (Å²) >= 11 is 0. The van der Waals surface area contributed by atoms with Crippen LogP contribution in [0.5, 0.6) is 0 Å². The quantitative estimate of drug-likeness (QED) is 0.715. The van der Waals surface area contributed by atoms with Gasteiger partial charge in [-0.2, -0.15) is 6.21 Å². The molecule has 0 atom stereocenters. The Morgan fingerprint density at radius 2 is 1.67 bits per heavy atom. The minimum absolute atomic E-state index is 0. The third-order valence-corrected chi connectivity index (χ3v) is 1.73. The van der Waals surface area contributed by atoms with E-state index < -0.39 is 0 Å². The van der Waals surface area contributed by atoms with Gasteiger partial charge in [0.15, 0.2) is 0 Å². The monoisotopic (exact) mass is 306 g/mol. The Hall–Kier alpha value is -1.27. The number of hydrogen-bond acceptors (Lipinski definition) is 2. The van der Waals surface area contributed by atoms with Crippen LogP contribution < -0.4 is 12.4 Å². The van der Waals surface area contributed by atoms with Crippen LogP contribution >= 0.6 is 0 Å². The predicted molar refractivity (Wildman–Crippen MR) is 65.0 cm³/mol. The van der Waals surface area contributed by atoms with Gasteiger partial charge in [0.1, 0.15) is 0 Å². The number of hydrogen-bond donors (Lipinski definition) is 0. The van der Waals surface area contributed by atoms with E-state index in [-0.39, 0.29) is 35.7 Å². The van der Waals surface area contributed by atoms with Crippen LogP contribution in [0.25, 0.3) is 11.1 Å². The van der Waals surface area contributed by atoms with Gasteiger partial charge in [0.25, 0.3) is 0 Å². The van der Waals surface area contributed by atoms with E-state index in [9.17, 15) is 0 Å². The van der Waals surface area contributed by atoms with E-state index in [1.807, 2.05) is 24.3 Å². The van der Waals surface area contributed by atoms with Crippen molar-refractivity contribution < 1.29 is 29.2 Å². The van der Waals surface area contributed by atoms with Gasteiger partial charge in [-0.3, -0.25) is 9.97 Å². The van der Waals surface area contributed by atoms with Gasteiger partial charge in [-0.1, -0.05) is 12.1 Å². The molecule has 0 aliphatic carbocycles. The first-order valence-electron chi connectivity index (χ1n) is 4.79. The first-order valence-corrected chi connectivity index (χ1v) is 4.79. The molecule has 18 heavy (non-hydrogen) atoms. The van der Waals surface area contributed by atoms with Crippen molar-refractivity contribution >= 4 is 6.21 Å². The normalized spacial score (nSPS) is 7.83. The second-order valence-electron chi connectivity index (χ2n) is 2.88. The third-order valence-electron chi connectivity index (χ3n) is 1.73. The van der Waals surface area contributed by atoms with Crippen LogP contribution in [0.15, 0.2) is 48.8 Å². The molecule has 6 heteroatoms. The van der Waals surface area contributed by atoms with Crippen LogP contribution in [0.4, 0.5) is 0 Å². The molecule has 2 aromatic heterocycles. The first kappa shape index (κ1) is 19.1. The topological polar surface area (TPSA) is 71.9 Å². The average molecular weight is 307 g/mol. The summed E-state index contributed by atoms with van der Waals surface area (Å²) < 4.78 is 0. The molecule has 0 amide bonds. The minimum Gasteiger partial charge on any atom is -1.00 e. The maximum Gasteiger partial charge on any atom is 3.00 e. The van der Waals surface area contributed by atoms with E-state index >= 15 is 0 Å². The molecule has 0 aliphatic rings. The van der Waals surface area contributed by atoms with Crippen LogP contribution in [0.1, 0.15) is 11.4 Å². The largest absolute Gasteiger partial charge is 3.00 e. The van der Waals surface area contributed by atoms with Crippen molar-refractivity contribution in [1.29, 1.82) is 0 Å². The SMILES string of the molecule is [Cl-].[Co+3].[N-]=Cc1ccccn1.[NH-]Cc1ccccn1. The summed E-state index contributed by atoms with van der Waals surface area (Å²) in [6, 6.07) is 10.9. The molecule has 0 aliphatic heterocycles. The summed E-state index contributed by atoms with van der Waals surface area (Å²) in [5.74, 6) is 0. The zero-order valence-electron chi connectivity index (χ0n) is 9.46. The molecular weight excluding hydrogens is 295 g/mol. The number of nitrogens with one attached hydrogen (secondary N) is 1. The van der Waals surface area contributed by atoms with Crippen LogP contribution in [0.3, 0.4) is 0 Å². The molecule has 2 aromatic rings. The molecule has 0 unspecified atom stereocenters. The number of aromatic nitrogens is 2. The van der Waals surface area contributed by atoms with Gasteiger partial charge in [-0.15, -0.1) is 6.54 Å². The molecule has 0 aromatic carbocycles. The summed E-state index contributed by atoms with van der Waals surface area (Å²) in [5, 5.41) is 8.35. The second-order valence-corrected chi connectivity index (χ2v) is 2.88. The Balaban J connectivity index is 0. The van der Waals surface area contributed by atoms with Crippen molar-refractivity contribution in [3.05, 3.63) is 71.3 Å². The van der Waals surface area contributed by atoms with E-state index in [2.05, 4.69) is 9.97 Å². The van der Waals surface area contributed by atoms with Gasteiger partial charge >= 0.3 is 16.8 Å². The van der Waals surface area contributed by atoms with Crippen molar-refractivity contribution in [3.8, 4) is 0 Å². The van der Waals surface area contributed by atoms with Crippen LogP contribution in [0, 0.1) is 0 Å². The summed E-state index contributed by atoms with van der Waals surface area (Å²) in [7, 11) is 0. The van der Waals surface area contributed by atoms with Crippen LogP contribution in [-0.4, -0.2) is 16.2 Å². The Morgan fingerprint density at radius 3 is 1.94 bits per heavy atom. The Bertz CT molecular complexity index is 411. The molecule has 0 bridgehead atoms. The second kappa shape index (κ2) is 12.2. The van der Waals surface area contributed by atoms with Crippen LogP contribution in [-0.2, 0) is 23.3 Å². The molecule has 2 heterocycles. The average Bonchev–Trinajstić information content (AvgIpc) is 2.41. The van der Waals surface area contributed by atoms with Gasteiger partial charge in [-0.05, 0) is 24.3 Å². The number of pyridine rings is 2. The third kappa shape index (κ3) is 7.91. The van der Waals surface area contributed by atoms with Gasteiger partial charge in [0.2, 0.25) is 0 Å². The standard InChI is InChI=1S/C6H7N2.C6H5N2.ClH.Co/c2*7-5-6-3-1-2-4-8-6;;/h1-4,7H,5H2;1-5H;1H;/q2*-1;;+3/p-1. The number of halogens is 1. The first-order chi connectivity index (χ1) is 7.86. The minimum atomic E-state index is 0. The Morgan fingerprint density at radius 1 is 1.06 bits per heavy atom. The summed E-state index contributed by atoms with van der Waals surface area (Å²) in [4.78, 5) is 7.70. The van der Waals surface area contributed by atoms with E-state index in [1.165, 1.54) is 0 Å². The summed E-state index contributed by atoms with van der Waals surface area (Å²) in [6.07, 6.45) is 4.30. The molecule has 0 radical (unpaired) electrons. The molecule has 0 saturated heterocycles. The van der Waals surface area contributed by atoms with E-state index in [0.29, 0.717) is 5.69 Å². The smallest absolute Gasteiger partial charge is 1.00 e. The maximum absolute atomic E-state index is 8.35. The van der Waals surface area contributed by atoms with Gasteiger partial charge in [0.05, 0.1) is 0 Å². The molecule has 96 valence electrons. The van der Waals surface area contributed by atoms with Crippen LogP contribution in [0.2, 0.25) is 0 Å². The number of rotatable bonds is 2. The molecule has 4 nitrogen and oxygen atoms in total. The molecule has 0 saturated carbocycles. The number of nitrogens with zero attached hydrogens (tertiary/aromatic N) is 3. The van der Waals surface area contributed by atoms with Crippen molar-refractivity contribution in [2.75, 3.05) is 0 Å². The zero-order chi connectivity index (χ0) is 11.6. The van der Waals surface area contributed by atoms with Gasteiger partial charge in [-0.25, -0.2) is 0 Å². The Kier molecular flexibility index (Phi) is 12.9. The van der Waals surface area contributed by atoms with Gasteiger partial charge in [0, 0.05) is 23.8 Å². The van der Waals surface area contributed by atoms with Crippen molar-refractivity contribution in [2.45, 2.75) is 6.54 Å². The fraction of sp³-hybridized carbons (Fsp3) is 0.0833. The molecule has 1 N–H and O–H groups in total. The van der Waals surface area contributed by atoms with E-state index in [4.69, 9.17) is 11.1 Å². The fourth-order valence-electron chi connectivity index (χ4n) is 0.955. The molecule has 2 rings (SSSR count). The van der Waals surface area contributed by atoms with Crippen molar-refractivity contribution in [3.63, 3.8) is 0 Å². The maximum atomic E-state index is 8.35. The molecule has 0 fully saturated rings. The Labute approximate surface area is 123 Å². The summed E-state index contributed by atoms with van der Waals surface area (Å²) in [6.45, 7) is 0.279. The van der Waals surface area contributed by atoms with E-state index in [0.717, 1.165) is 11.9 Å². The fourth-order valence-corrected chi connectivity index (χ4v) is 0.955. The molecular formula is C12H12ClCoN4. The van der Waals surface area contributed by atoms with Gasteiger partial charge < -0.3 is 23.5 Å². The van der Waals surface area contributed by atoms with E-state index in [1.54, 1.807) is 24.5 Å². The zero-order valence-corrected chi connectivity index (χ0v) is 11.3. The van der Waals surface area contributed by atoms with Crippen molar-refractivity contribution in [1.82, 2.24) is 9.97 Å². The summed E-state index contributed by atoms with van der Waals surface area (Å²) in [5.41, 5.74) is 8.30. The van der Waals surface area contributed by atoms with Crippen molar-refractivity contribution in [2.24, 2.45) is 0 Å².